The highest BCUT2D eigenvalue weighted by atomic mass is 35.5. The van der Waals surface area contributed by atoms with E-state index in [-0.39, 0.29) is 15.8 Å². The van der Waals surface area contributed by atoms with E-state index in [0.717, 1.165) is 5.69 Å². The number of nitrogens with one attached hydrogen (secondary N) is 2. The van der Waals surface area contributed by atoms with Crippen LogP contribution in [0, 0.1) is 0 Å². The third kappa shape index (κ3) is 4.60. The largest absolute Gasteiger partial charge is 0.505 e. The number of halogens is 2. The fourth-order valence-corrected chi connectivity index (χ4v) is 2.18. The first-order valence-corrected chi connectivity index (χ1v) is 7.06. The Morgan fingerprint density at radius 1 is 1.14 bits per heavy atom. The van der Waals surface area contributed by atoms with Crippen molar-refractivity contribution in [2.45, 2.75) is 0 Å². The SMILES string of the molecule is Oc1c(Cl)cc(/C=N/NC(=S)Nc2ccccc2)cc1Cl. The van der Waals surface area contributed by atoms with Gasteiger partial charge in [-0.1, -0.05) is 41.4 Å². The Hall–Kier alpha value is -1.82. The predicted molar refractivity (Wildman–Crippen MR) is 91.5 cm³/mol. The van der Waals surface area contributed by atoms with Crippen molar-refractivity contribution in [2.24, 2.45) is 5.10 Å². The van der Waals surface area contributed by atoms with Crippen molar-refractivity contribution in [3.8, 4) is 5.75 Å². The van der Waals surface area contributed by atoms with Gasteiger partial charge in [-0.2, -0.15) is 5.10 Å². The third-order valence-electron chi connectivity index (χ3n) is 2.45. The molecule has 0 atom stereocenters. The highest BCUT2D eigenvalue weighted by Gasteiger charge is 2.05. The van der Waals surface area contributed by atoms with Crippen LogP contribution in [0.4, 0.5) is 5.69 Å². The standard InChI is InChI=1S/C14H11Cl2N3OS/c15-11-6-9(7-12(16)13(11)20)8-17-19-14(21)18-10-4-2-1-3-5-10/h1-8,20H,(H2,18,19,21)/b17-8+. The van der Waals surface area contributed by atoms with Gasteiger partial charge in [0.2, 0.25) is 0 Å². The van der Waals surface area contributed by atoms with Gasteiger partial charge in [-0.15, -0.1) is 0 Å². The van der Waals surface area contributed by atoms with Crippen LogP contribution in [0.3, 0.4) is 0 Å². The van der Waals surface area contributed by atoms with E-state index in [1.807, 2.05) is 30.3 Å². The molecule has 4 nitrogen and oxygen atoms in total. The summed E-state index contributed by atoms with van der Waals surface area (Å²) in [6, 6.07) is 12.6. The molecule has 0 aliphatic rings. The smallest absolute Gasteiger partial charge is 0.191 e. The molecular formula is C14H11Cl2N3OS. The number of para-hydroxylation sites is 1. The lowest BCUT2D eigenvalue weighted by Crippen LogP contribution is -2.23. The summed E-state index contributed by atoms with van der Waals surface area (Å²) in [5, 5.41) is 17.1. The number of phenols is 1. The average Bonchev–Trinajstić information content (AvgIpc) is 2.45. The van der Waals surface area contributed by atoms with E-state index in [1.54, 1.807) is 12.1 Å². The molecule has 0 saturated heterocycles. The maximum Gasteiger partial charge on any atom is 0.191 e. The third-order valence-corrected chi connectivity index (χ3v) is 3.22. The molecule has 0 aliphatic heterocycles. The van der Waals surface area contributed by atoms with Crippen molar-refractivity contribution in [1.29, 1.82) is 0 Å². The first-order valence-electron chi connectivity index (χ1n) is 5.89. The fourth-order valence-electron chi connectivity index (χ4n) is 1.51. The highest BCUT2D eigenvalue weighted by Crippen LogP contribution is 2.32. The van der Waals surface area contributed by atoms with E-state index in [4.69, 9.17) is 35.4 Å². The summed E-state index contributed by atoms with van der Waals surface area (Å²) in [5.41, 5.74) is 4.17. The Morgan fingerprint density at radius 3 is 2.38 bits per heavy atom. The maximum absolute atomic E-state index is 9.45. The number of hydrogen-bond acceptors (Lipinski definition) is 3. The lowest BCUT2D eigenvalue weighted by molar-refractivity contribution is 0.476. The zero-order valence-corrected chi connectivity index (χ0v) is 13.0. The van der Waals surface area contributed by atoms with Crippen LogP contribution in [0.1, 0.15) is 5.56 Å². The molecule has 0 amide bonds. The molecule has 7 heteroatoms. The van der Waals surface area contributed by atoms with Crippen LogP contribution in [-0.2, 0) is 0 Å². The normalized spacial score (nSPS) is 10.6. The molecule has 0 aromatic heterocycles. The van der Waals surface area contributed by atoms with Crippen LogP contribution in [0.2, 0.25) is 10.0 Å². The molecule has 0 bridgehead atoms. The molecule has 0 radical (unpaired) electrons. The number of anilines is 1. The molecule has 108 valence electrons. The molecule has 0 unspecified atom stereocenters. The molecule has 0 spiro atoms. The van der Waals surface area contributed by atoms with Crippen molar-refractivity contribution in [3.05, 3.63) is 58.1 Å². The van der Waals surface area contributed by atoms with E-state index in [2.05, 4.69) is 15.8 Å². The molecular weight excluding hydrogens is 329 g/mol. The Labute approximate surface area is 137 Å². The summed E-state index contributed by atoms with van der Waals surface area (Å²) in [7, 11) is 0. The first-order chi connectivity index (χ1) is 10.1. The van der Waals surface area contributed by atoms with Gasteiger partial charge in [0.05, 0.1) is 16.3 Å². The van der Waals surface area contributed by atoms with E-state index >= 15 is 0 Å². The molecule has 2 aromatic carbocycles. The number of rotatable bonds is 3. The minimum atomic E-state index is -0.148. The number of thiocarbonyl (C=S) groups is 1. The van der Waals surface area contributed by atoms with Gasteiger partial charge in [0, 0.05) is 5.69 Å². The van der Waals surface area contributed by atoms with Gasteiger partial charge in [-0.05, 0) is 42.0 Å². The molecule has 0 heterocycles. The summed E-state index contributed by atoms with van der Waals surface area (Å²) >= 11 is 16.7. The van der Waals surface area contributed by atoms with Crippen LogP contribution in [0.25, 0.3) is 0 Å². The number of phenolic OH excluding ortho intramolecular Hbond substituents is 1. The lowest BCUT2D eigenvalue weighted by atomic mass is 10.2. The quantitative estimate of drug-likeness (QED) is 0.449. The first kappa shape index (κ1) is 15.6. The van der Waals surface area contributed by atoms with Gasteiger partial charge in [-0.25, -0.2) is 0 Å². The van der Waals surface area contributed by atoms with Crippen LogP contribution in [0.5, 0.6) is 5.75 Å². The van der Waals surface area contributed by atoms with E-state index in [9.17, 15) is 5.11 Å². The number of hydrazone groups is 1. The Kier molecular flexibility index (Phi) is 5.38. The molecule has 0 aliphatic carbocycles. The lowest BCUT2D eigenvalue weighted by Gasteiger charge is -2.06. The van der Waals surface area contributed by atoms with E-state index in [1.165, 1.54) is 6.21 Å². The zero-order chi connectivity index (χ0) is 15.2. The average molecular weight is 340 g/mol. The van der Waals surface area contributed by atoms with Crippen molar-refractivity contribution in [2.75, 3.05) is 5.32 Å². The predicted octanol–water partition coefficient (Wildman–Crippen LogP) is 4.02. The topological polar surface area (TPSA) is 56.7 Å². The maximum atomic E-state index is 9.45. The number of aromatic hydroxyl groups is 1. The molecule has 2 rings (SSSR count). The second kappa shape index (κ2) is 7.26. The van der Waals surface area contributed by atoms with Crippen molar-refractivity contribution >= 4 is 52.4 Å². The van der Waals surface area contributed by atoms with Crippen LogP contribution in [0.15, 0.2) is 47.6 Å². The molecule has 2 aromatic rings. The monoisotopic (exact) mass is 339 g/mol. The van der Waals surface area contributed by atoms with Crippen LogP contribution in [-0.4, -0.2) is 16.4 Å². The molecule has 0 fully saturated rings. The number of hydrogen-bond donors (Lipinski definition) is 3. The summed E-state index contributed by atoms with van der Waals surface area (Å²) in [4.78, 5) is 0. The second-order valence-electron chi connectivity index (χ2n) is 4.02. The minimum Gasteiger partial charge on any atom is -0.505 e. The van der Waals surface area contributed by atoms with Gasteiger partial charge >= 0.3 is 0 Å². The number of nitrogens with zero attached hydrogens (tertiary/aromatic N) is 1. The van der Waals surface area contributed by atoms with E-state index in [0.29, 0.717) is 10.7 Å². The van der Waals surface area contributed by atoms with Crippen LogP contribution < -0.4 is 10.7 Å². The van der Waals surface area contributed by atoms with Gasteiger partial charge < -0.3 is 10.4 Å². The zero-order valence-electron chi connectivity index (χ0n) is 10.7. The Balaban J connectivity index is 1.95. The Morgan fingerprint density at radius 2 is 1.76 bits per heavy atom. The summed E-state index contributed by atoms with van der Waals surface area (Å²) < 4.78 is 0. The van der Waals surface area contributed by atoms with Crippen molar-refractivity contribution in [1.82, 2.24) is 5.43 Å². The number of benzene rings is 2. The van der Waals surface area contributed by atoms with Crippen molar-refractivity contribution < 1.29 is 5.11 Å². The van der Waals surface area contributed by atoms with Gasteiger partial charge in [0.1, 0.15) is 0 Å². The highest BCUT2D eigenvalue weighted by molar-refractivity contribution is 7.80. The van der Waals surface area contributed by atoms with E-state index < -0.39 is 0 Å². The van der Waals surface area contributed by atoms with Gasteiger partial charge in [0.15, 0.2) is 10.9 Å². The van der Waals surface area contributed by atoms with Gasteiger partial charge in [0.25, 0.3) is 0 Å². The summed E-state index contributed by atoms with van der Waals surface area (Å²) in [6.45, 7) is 0. The summed E-state index contributed by atoms with van der Waals surface area (Å²) in [5.74, 6) is -0.148. The molecule has 0 saturated carbocycles. The molecule has 3 N–H and O–H groups in total. The Bertz CT molecular complexity index is 654. The van der Waals surface area contributed by atoms with Gasteiger partial charge in [-0.3, -0.25) is 5.43 Å². The molecule has 21 heavy (non-hydrogen) atoms. The van der Waals surface area contributed by atoms with Crippen molar-refractivity contribution in [3.63, 3.8) is 0 Å². The summed E-state index contributed by atoms with van der Waals surface area (Å²) in [6.07, 6.45) is 1.50. The van der Waals surface area contributed by atoms with Crippen LogP contribution >= 0.6 is 35.4 Å². The fraction of sp³-hybridized carbons (Fsp3) is 0. The second-order valence-corrected chi connectivity index (χ2v) is 5.25. The minimum absolute atomic E-state index is 0.148.